The third-order valence-corrected chi connectivity index (χ3v) is 7.13. The van der Waals surface area contributed by atoms with Gasteiger partial charge in [-0.1, -0.05) is 19.3 Å². The Morgan fingerprint density at radius 2 is 1.93 bits per heavy atom. The number of amides is 1. The molecule has 162 valence electrons. The number of aryl methyl sites for hydroxylation is 2. The van der Waals surface area contributed by atoms with E-state index in [0.29, 0.717) is 17.7 Å². The monoisotopic (exact) mass is 427 g/mol. The molecule has 7 heteroatoms. The van der Waals surface area contributed by atoms with Crippen LogP contribution in [-0.4, -0.2) is 38.8 Å². The quantitative estimate of drug-likeness (QED) is 0.699. The van der Waals surface area contributed by atoms with Crippen LogP contribution in [0.15, 0.2) is 12.3 Å². The number of carbonyl (C=O) groups excluding carboxylic acids is 1. The van der Waals surface area contributed by atoms with Crippen molar-refractivity contribution >= 4 is 28.2 Å². The largest absolute Gasteiger partial charge is 0.342 e. The summed E-state index contributed by atoms with van der Waals surface area (Å²) in [5.74, 6) is 3.02. The molecule has 6 nitrogen and oxygen atoms in total. The number of thiazole rings is 1. The molecule has 1 atom stereocenters. The normalized spacial score (nSPS) is 20.3. The minimum atomic E-state index is 0.368. The minimum Gasteiger partial charge on any atom is -0.342 e. The van der Waals surface area contributed by atoms with Crippen LogP contribution < -0.4 is 5.32 Å². The van der Waals surface area contributed by atoms with Gasteiger partial charge in [-0.3, -0.25) is 4.79 Å². The minimum absolute atomic E-state index is 0.368. The molecule has 1 aliphatic carbocycles. The molecule has 30 heavy (non-hydrogen) atoms. The van der Waals surface area contributed by atoms with Crippen molar-refractivity contribution < 1.29 is 4.79 Å². The number of nitrogens with zero attached hydrogens (tertiary/aromatic N) is 4. The van der Waals surface area contributed by atoms with Crippen LogP contribution >= 0.6 is 11.3 Å². The van der Waals surface area contributed by atoms with Crippen LogP contribution in [0, 0.1) is 25.7 Å². The number of likely N-dealkylation sites (tertiary alicyclic amines) is 1. The number of hydrogen-bond donors (Lipinski definition) is 1. The highest BCUT2D eigenvalue weighted by Crippen LogP contribution is 2.29. The van der Waals surface area contributed by atoms with E-state index in [-0.39, 0.29) is 0 Å². The Morgan fingerprint density at radius 3 is 2.70 bits per heavy atom. The fraction of sp³-hybridized carbons (Fsp3) is 0.652. The second kappa shape index (κ2) is 9.86. The average molecular weight is 428 g/mol. The van der Waals surface area contributed by atoms with E-state index >= 15 is 0 Å². The maximum Gasteiger partial charge on any atom is 0.222 e. The highest BCUT2D eigenvalue weighted by Gasteiger charge is 2.26. The third kappa shape index (κ3) is 5.78. The lowest BCUT2D eigenvalue weighted by molar-refractivity contribution is -0.134. The Kier molecular flexibility index (Phi) is 6.97. The van der Waals surface area contributed by atoms with Crippen molar-refractivity contribution in [1.29, 1.82) is 0 Å². The number of rotatable bonds is 6. The van der Waals surface area contributed by atoms with E-state index in [1.165, 1.54) is 37.0 Å². The van der Waals surface area contributed by atoms with Gasteiger partial charge < -0.3 is 10.2 Å². The molecule has 0 aromatic carbocycles. The molecule has 3 heterocycles. The summed E-state index contributed by atoms with van der Waals surface area (Å²) in [6.45, 7) is 5.76. The summed E-state index contributed by atoms with van der Waals surface area (Å²) in [4.78, 5) is 29.7. The van der Waals surface area contributed by atoms with Crippen LogP contribution in [0.3, 0.4) is 0 Å². The van der Waals surface area contributed by atoms with Gasteiger partial charge in [0.25, 0.3) is 0 Å². The number of aromatic nitrogens is 3. The summed E-state index contributed by atoms with van der Waals surface area (Å²) in [5, 5.41) is 4.16. The first-order valence-electron chi connectivity index (χ1n) is 11.4. The second-order valence-corrected chi connectivity index (χ2v) is 10.2. The van der Waals surface area contributed by atoms with Gasteiger partial charge >= 0.3 is 0 Å². The fourth-order valence-electron chi connectivity index (χ4n) is 4.84. The van der Waals surface area contributed by atoms with Crippen LogP contribution in [-0.2, 0) is 11.2 Å². The molecule has 2 fully saturated rings. The fourth-order valence-corrected chi connectivity index (χ4v) is 5.51. The molecule has 0 spiro atoms. The van der Waals surface area contributed by atoms with Crippen LogP contribution in [0.4, 0.5) is 10.9 Å². The standard InChI is InChI=1S/C23H33N5OS/c1-16-14-24-23(30-16)27-21-13-20(25-17(2)26-21)11-19-9-6-10-28(15-19)22(29)12-18-7-4-3-5-8-18/h13-14,18-19H,3-12,15H2,1-2H3,(H,24,25,26,27). The third-order valence-electron chi connectivity index (χ3n) is 6.30. The summed E-state index contributed by atoms with van der Waals surface area (Å²) in [7, 11) is 0. The van der Waals surface area contributed by atoms with Gasteiger partial charge in [-0.2, -0.15) is 0 Å². The Balaban J connectivity index is 1.35. The predicted molar refractivity (Wildman–Crippen MR) is 121 cm³/mol. The lowest BCUT2D eigenvalue weighted by Gasteiger charge is -2.34. The molecule has 1 N–H and O–H groups in total. The Morgan fingerprint density at radius 1 is 1.13 bits per heavy atom. The summed E-state index contributed by atoms with van der Waals surface area (Å²) < 4.78 is 0. The predicted octanol–water partition coefficient (Wildman–Crippen LogP) is 5.05. The summed E-state index contributed by atoms with van der Waals surface area (Å²) in [5.41, 5.74) is 1.05. The summed E-state index contributed by atoms with van der Waals surface area (Å²) in [6, 6.07) is 2.03. The molecular formula is C23H33N5OS. The number of hydrogen-bond acceptors (Lipinski definition) is 6. The zero-order valence-corrected chi connectivity index (χ0v) is 19.0. The van der Waals surface area contributed by atoms with Crippen molar-refractivity contribution in [1.82, 2.24) is 19.9 Å². The Hall–Kier alpha value is -2.02. The van der Waals surface area contributed by atoms with Crippen LogP contribution in [0.1, 0.15) is 67.8 Å². The van der Waals surface area contributed by atoms with Crippen molar-refractivity contribution in [3.05, 3.63) is 28.7 Å². The van der Waals surface area contributed by atoms with Gasteiger partial charge in [-0.15, -0.1) is 11.3 Å². The van der Waals surface area contributed by atoms with Crippen molar-refractivity contribution in [2.75, 3.05) is 18.4 Å². The van der Waals surface area contributed by atoms with Crippen molar-refractivity contribution in [3.8, 4) is 0 Å². The smallest absolute Gasteiger partial charge is 0.222 e. The van der Waals surface area contributed by atoms with Crippen LogP contribution in [0.25, 0.3) is 0 Å². The first kappa shape index (κ1) is 21.2. The SMILES string of the molecule is Cc1nc(CC2CCCN(C(=O)CC3CCCCC3)C2)cc(Nc2ncc(C)s2)n1. The van der Waals surface area contributed by atoms with E-state index in [9.17, 15) is 4.79 Å². The molecular weight excluding hydrogens is 394 g/mol. The van der Waals surface area contributed by atoms with E-state index in [1.807, 2.05) is 26.1 Å². The molecule has 1 unspecified atom stereocenters. The molecule has 2 aliphatic rings. The molecule has 1 amide bonds. The lowest BCUT2D eigenvalue weighted by Crippen LogP contribution is -2.41. The Bertz CT molecular complexity index is 861. The second-order valence-electron chi connectivity index (χ2n) is 8.95. The van der Waals surface area contributed by atoms with Crippen molar-refractivity contribution in [3.63, 3.8) is 0 Å². The lowest BCUT2D eigenvalue weighted by atomic mass is 9.86. The average Bonchev–Trinajstić information content (AvgIpc) is 3.13. The zero-order chi connectivity index (χ0) is 20.9. The van der Waals surface area contributed by atoms with E-state index in [0.717, 1.165) is 61.2 Å². The maximum absolute atomic E-state index is 12.9. The van der Waals surface area contributed by atoms with Gasteiger partial charge in [0.2, 0.25) is 5.91 Å². The maximum atomic E-state index is 12.9. The number of carbonyl (C=O) groups is 1. The van der Waals surface area contributed by atoms with E-state index < -0.39 is 0 Å². The van der Waals surface area contributed by atoms with E-state index in [2.05, 4.69) is 25.2 Å². The number of piperidine rings is 1. The first-order valence-corrected chi connectivity index (χ1v) is 12.2. The molecule has 1 saturated carbocycles. The summed E-state index contributed by atoms with van der Waals surface area (Å²) in [6.07, 6.45) is 12.2. The zero-order valence-electron chi connectivity index (χ0n) is 18.2. The summed E-state index contributed by atoms with van der Waals surface area (Å²) >= 11 is 1.62. The van der Waals surface area contributed by atoms with Crippen LogP contribution in [0.5, 0.6) is 0 Å². The van der Waals surface area contributed by atoms with Gasteiger partial charge in [0.1, 0.15) is 11.6 Å². The van der Waals surface area contributed by atoms with Gasteiger partial charge in [0.05, 0.1) is 0 Å². The molecule has 0 radical (unpaired) electrons. The van der Waals surface area contributed by atoms with Gasteiger partial charge in [-0.25, -0.2) is 15.0 Å². The molecule has 4 rings (SSSR count). The van der Waals surface area contributed by atoms with E-state index in [1.54, 1.807) is 11.3 Å². The van der Waals surface area contributed by atoms with Crippen molar-refractivity contribution in [2.24, 2.45) is 11.8 Å². The molecule has 1 aliphatic heterocycles. The first-order chi connectivity index (χ1) is 14.5. The van der Waals surface area contributed by atoms with Crippen LogP contribution in [0.2, 0.25) is 0 Å². The van der Waals surface area contributed by atoms with Crippen molar-refractivity contribution in [2.45, 2.75) is 71.6 Å². The highest BCUT2D eigenvalue weighted by atomic mass is 32.1. The molecule has 2 aromatic rings. The van der Waals surface area contributed by atoms with Gasteiger partial charge in [0, 0.05) is 42.3 Å². The highest BCUT2D eigenvalue weighted by molar-refractivity contribution is 7.15. The van der Waals surface area contributed by atoms with Gasteiger partial charge in [0.15, 0.2) is 5.13 Å². The number of nitrogens with one attached hydrogen (secondary N) is 1. The topological polar surface area (TPSA) is 71.0 Å². The Labute approximate surface area is 183 Å². The molecule has 0 bridgehead atoms. The number of anilines is 2. The molecule has 1 saturated heterocycles. The molecule has 2 aromatic heterocycles. The van der Waals surface area contributed by atoms with Gasteiger partial charge in [-0.05, 0) is 57.8 Å². The van der Waals surface area contributed by atoms with E-state index in [4.69, 9.17) is 0 Å².